The fourth-order valence-electron chi connectivity index (χ4n) is 2.31. The molecule has 1 heterocycles. The van der Waals surface area contributed by atoms with Gasteiger partial charge in [0.05, 0.1) is 12.8 Å². The van der Waals surface area contributed by atoms with Gasteiger partial charge in [-0.3, -0.25) is 10.3 Å². The monoisotopic (exact) mass is 301 g/mol. The zero-order valence-corrected chi connectivity index (χ0v) is 12.4. The molecule has 0 bridgehead atoms. The molecule has 0 spiro atoms. The first kappa shape index (κ1) is 14.0. The van der Waals surface area contributed by atoms with E-state index in [1.807, 2.05) is 42.5 Å². The second-order valence-electron chi connectivity index (χ2n) is 4.90. The van der Waals surface area contributed by atoms with Crippen molar-refractivity contribution >= 4 is 17.3 Å². The minimum absolute atomic E-state index is 0.00258. The van der Waals surface area contributed by atoms with Crippen LogP contribution in [0.15, 0.2) is 54.6 Å². The molecule has 3 rings (SSSR count). The van der Waals surface area contributed by atoms with E-state index in [9.17, 15) is 0 Å². The van der Waals surface area contributed by atoms with Crippen LogP contribution >= 0.6 is 11.6 Å². The maximum absolute atomic E-state index is 5.90. The van der Waals surface area contributed by atoms with Crippen LogP contribution in [0.5, 0.6) is 5.75 Å². The third kappa shape index (κ3) is 3.38. The summed E-state index contributed by atoms with van der Waals surface area (Å²) in [6.45, 7) is 0. The van der Waals surface area contributed by atoms with Gasteiger partial charge in [-0.15, -0.1) is 0 Å². The van der Waals surface area contributed by atoms with Gasteiger partial charge in [-0.1, -0.05) is 35.9 Å². The highest BCUT2D eigenvalue weighted by atomic mass is 35.5. The van der Waals surface area contributed by atoms with E-state index < -0.39 is 0 Å². The van der Waals surface area contributed by atoms with Crippen LogP contribution in [0, 0.1) is 0 Å². The van der Waals surface area contributed by atoms with Crippen LogP contribution in [-0.2, 0) is 11.3 Å². The summed E-state index contributed by atoms with van der Waals surface area (Å²) in [7, 11) is 1.67. The zero-order valence-electron chi connectivity index (χ0n) is 11.7. The molecule has 108 valence electrons. The Morgan fingerprint density at radius 3 is 2.76 bits per heavy atom. The third-order valence-electron chi connectivity index (χ3n) is 3.40. The Balaban J connectivity index is 1.72. The van der Waals surface area contributed by atoms with E-state index in [1.165, 1.54) is 5.56 Å². The summed E-state index contributed by atoms with van der Waals surface area (Å²) >= 11 is 5.90. The van der Waals surface area contributed by atoms with Gasteiger partial charge < -0.3 is 4.74 Å². The second kappa shape index (κ2) is 6.20. The van der Waals surface area contributed by atoms with Gasteiger partial charge in [-0.05, 0) is 41.5 Å². The van der Waals surface area contributed by atoms with Gasteiger partial charge in [-0.2, -0.15) is 0 Å². The predicted octanol–water partition coefficient (Wildman–Crippen LogP) is 3.84. The summed E-state index contributed by atoms with van der Waals surface area (Å²) in [6.07, 6.45) is 2.88. The van der Waals surface area contributed by atoms with Crippen LogP contribution in [-0.4, -0.2) is 13.2 Å². The van der Waals surface area contributed by atoms with E-state index in [0.717, 1.165) is 28.5 Å². The standard InChI is InChI=1S/C17H16ClNO2/c1-20-15-4-2-3-12(9-15)10-16-11-17(19-21-16)13-5-7-14(18)8-6-13/h2-9,11,16,19H,10H2,1H3. The number of hydrogen-bond donors (Lipinski definition) is 1. The van der Waals surface area contributed by atoms with Gasteiger partial charge in [-0.25, -0.2) is 0 Å². The summed E-state index contributed by atoms with van der Waals surface area (Å²) in [5.41, 5.74) is 6.19. The molecular formula is C17H16ClNO2. The Morgan fingerprint density at radius 1 is 1.19 bits per heavy atom. The Kier molecular flexibility index (Phi) is 4.13. The Labute approximate surface area is 129 Å². The van der Waals surface area contributed by atoms with Crippen molar-refractivity contribution in [2.75, 3.05) is 7.11 Å². The van der Waals surface area contributed by atoms with Crippen molar-refractivity contribution in [3.8, 4) is 5.75 Å². The number of rotatable bonds is 4. The molecule has 3 nitrogen and oxygen atoms in total. The molecule has 21 heavy (non-hydrogen) atoms. The van der Waals surface area contributed by atoms with Crippen molar-refractivity contribution in [2.45, 2.75) is 12.5 Å². The molecule has 0 aliphatic carbocycles. The molecule has 1 aliphatic heterocycles. The van der Waals surface area contributed by atoms with Crippen molar-refractivity contribution in [2.24, 2.45) is 0 Å². The first-order valence-electron chi connectivity index (χ1n) is 6.77. The molecule has 4 heteroatoms. The molecule has 0 radical (unpaired) electrons. The first-order chi connectivity index (χ1) is 10.2. The van der Waals surface area contributed by atoms with Gasteiger partial charge in [0.25, 0.3) is 0 Å². The van der Waals surface area contributed by atoms with Crippen LogP contribution in [0.1, 0.15) is 11.1 Å². The average Bonchev–Trinajstić information content (AvgIpc) is 2.96. The second-order valence-corrected chi connectivity index (χ2v) is 5.34. The minimum atomic E-state index is 0.00258. The molecule has 1 N–H and O–H groups in total. The number of methoxy groups -OCH3 is 1. The lowest BCUT2D eigenvalue weighted by Gasteiger charge is -2.08. The van der Waals surface area contributed by atoms with Crippen LogP contribution < -0.4 is 10.2 Å². The fraction of sp³-hybridized carbons (Fsp3) is 0.176. The molecular weight excluding hydrogens is 286 g/mol. The highest BCUT2D eigenvalue weighted by Gasteiger charge is 2.18. The van der Waals surface area contributed by atoms with E-state index in [2.05, 4.69) is 17.6 Å². The molecule has 2 aromatic carbocycles. The normalized spacial score (nSPS) is 17.2. The zero-order chi connectivity index (χ0) is 14.7. The summed E-state index contributed by atoms with van der Waals surface area (Å²) in [5.74, 6) is 0.861. The number of halogens is 1. The topological polar surface area (TPSA) is 30.5 Å². The van der Waals surface area contributed by atoms with E-state index >= 15 is 0 Å². The summed E-state index contributed by atoms with van der Waals surface area (Å²) in [4.78, 5) is 5.61. The van der Waals surface area contributed by atoms with Crippen LogP contribution in [0.3, 0.4) is 0 Å². The number of nitrogens with one attached hydrogen (secondary N) is 1. The minimum Gasteiger partial charge on any atom is -0.497 e. The number of benzene rings is 2. The molecule has 0 saturated carbocycles. The maximum atomic E-state index is 5.90. The highest BCUT2D eigenvalue weighted by molar-refractivity contribution is 6.30. The molecule has 1 unspecified atom stereocenters. The Morgan fingerprint density at radius 2 is 2.00 bits per heavy atom. The van der Waals surface area contributed by atoms with Crippen LogP contribution in [0.4, 0.5) is 0 Å². The van der Waals surface area contributed by atoms with Crippen molar-refractivity contribution in [3.63, 3.8) is 0 Å². The lowest BCUT2D eigenvalue weighted by Crippen LogP contribution is -2.14. The first-order valence-corrected chi connectivity index (χ1v) is 7.15. The van der Waals surface area contributed by atoms with E-state index in [0.29, 0.717) is 0 Å². The van der Waals surface area contributed by atoms with Gasteiger partial charge in [0, 0.05) is 11.4 Å². The lowest BCUT2D eigenvalue weighted by atomic mass is 10.1. The van der Waals surface area contributed by atoms with Crippen molar-refractivity contribution in [1.29, 1.82) is 0 Å². The fourth-order valence-corrected chi connectivity index (χ4v) is 2.44. The molecule has 1 atom stereocenters. The predicted molar refractivity (Wildman–Crippen MR) is 84.1 cm³/mol. The van der Waals surface area contributed by atoms with Crippen LogP contribution in [0.25, 0.3) is 5.70 Å². The molecule has 0 fully saturated rings. The molecule has 0 aromatic heterocycles. The summed E-state index contributed by atoms with van der Waals surface area (Å²) in [5, 5.41) is 0.728. The van der Waals surface area contributed by atoms with Gasteiger partial charge in [0.1, 0.15) is 11.9 Å². The summed E-state index contributed by atoms with van der Waals surface area (Å²) < 4.78 is 5.24. The average molecular weight is 302 g/mol. The van der Waals surface area contributed by atoms with Gasteiger partial charge in [0.15, 0.2) is 0 Å². The maximum Gasteiger partial charge on any atom is 0.119 e. The molecule has 0 saturated heterocycles. The Hall–Kier alpha value is -1.97. The van der Waals surface area contributed by atoms with Gasteiger partial charge >= 0.3 is 0 Å². The summed E-state index contributed by atoms with van der Waals surface area (Å²) in [6, 6.07) is 15.7. The SMILES string of the molecule is COc1cccc(CC2C=C(c3ccc(Cl)cc3)NO2)c1. The lowest BCUT2D eigenvalue weighted by molar-refractivity contribution is 0.0519. The quantitative estimate of drug-likeness (QED) is 0.931. The molecule has 0 amide bonds. The van der Waals surface area contributed by atoms with E-state index in [4.69, 9.17) is 21.2 Å². The van der Waals surface area contributed by atoms with Gasteiger partial charge in [0.2, 0.25) is 0 Å². The van der Waals surface area contributed by atoms with Crippen molar-refractivity contribution in [1.82, 2.24) is 5.48 Å². The Bertz CT molecular complexity index is 652. The number of hydrogen-bond acceptors (Lipinski definition) is 3. The van der Waals surface area contributed by atoms with E-state index in [-0.39, 0.29) is 6.10 Å². The van der Waals surface area contributed by atoms with Crippen molar-refractivity contribution < 1.29 is 9.57 Å². The molecule has 1 aliphatic rings. The number of ether oxygens (including phenoxy) is 1. The molecule has 2 aromatic rings. The van der Waals surface area contributed by atoms with E-state index in [1.54, 1.807) is 7.11 Å². The largest absolute Gasteiger partial charge is 0.497 e. The smallest absolute Gasteiger partial charge is 0.119 e. The van der Waals surface area contributed by atoms with Crippen molar-refractivity contribution in [3.05, 3.63) is 70.8 Å². The number of hydroxylamine groups is 1. The third-order valence-corrected chi connectivity index (χ3v) is 3.65. The van der Waals surface area contributed by atoms with Crippen LogP contribution in [0.2, 0.25) is 5.02 Å². The highest BCUT2D eigenvalue weighted by Crippen LogP contribution is 2.23.